The summed E-state index contributed by atoms with van der Waals surface area (Å²) in [6, 6.07) is 11.6. The molecule has 0 aliphatic carbocycles. The summed E-state index contributed by atoms with van der Waals surface area (Å²) < 4.78 is 0. The van der Waals surface area contributed by atoms with E-state index in [0.717, 1.165) is 12.0 Å². The van der Waals surface area contributed by atoms with Crippen molar-refractivity contribution in [1.82, 2.24) is 10.2 Å². The number of halogens is 1. The normalized spacial score (nSPS) is 27.6. The molecule has 2 fully saturated rings. The highest BCUT2D eigenvalue weighted by molar-refractivity contribution is 5.85. The van der Waals surface area contributed by atoms with Gasteiger partial charge in [0.15, 0.2) is 0 Å². The third-order valence-electron chi connectivity index (χ3n) is 4.32. The van der Waals surface area contributed by atoms with Crippen LogP contribution in [0.4, 0.5) is 0 Å². The lowest BCUT2D eigenvalue weighted by Crippen LogP contribution is -2.46. The van der Waals surface area contributed by atoms with E-state index in [4.69, 9.17) is 0 Å². The highest BCUT2D eigenvalue weighted by Crippen LogP contribution is 2.25. The number of rotatable bonds is 3. The number of piperidine rings is 1. The van der Waals surface area contributed by atoms with E-state index >= 15 is 0 Å². The minimum absolute atomic E-state index is 0. The van der Waals surface area contributed by atoms with Crippen LogP contribution in [0.1, 0.15) is 18.4 Å². The van der Waals surface area contributed by atoms with Crippen LogP contribution in [0, 0.1) is 5.92 Å². The summed E-state index contributed by atoms with van der Waals surface area (Å²) in [6.07, 6.45) is 3.99. The molecule has 0 unspecified atom stereocenters. The number of nitrogens with one attached hydrogen (secondary N) is 1. The summed E-state index contributed by atoms with van der Waals surface area (Å²) in [7, 11) is 0. The lowest BCUT2D eigenvalue weighted by molar-refractivity contribution is 0.168. The second kappa shape index (κ2) is 6.55. The smallest absolute Gasteiger partial charge is 0.0224 e. The molecule has 2 aliphatic rings. The molecular formula is C15H23ClN2. The molecule has 1 aromatic rings. The molecule has 3 rings (SSSR count). The summed E-state index contributed by atoms with van der Waals surface area (Å²) in [5.41, 5.74) is 1.47. The molecule has 2 heterocycles. The molecule has 1 N–H and O–H groups in total. The minimum atomic E-state index is 0. The Morgan fingerprint density at radius 2 is 2.00 bits per heavy atom. The number of fused-ring (bicyclic) bond motifs is 1. The summed E-state index contributed by atoms with van der Waals surface area (Å²) in [5, 5.41) is 3.65. The monoisotopic (exact) mass is 266 g/mol. The van der Waals surface area contributed by atoms with Crippen LogP contribution in [0.15, 0.2) is 30.3 Å². The van der Waals surface area contributed by atoms with Crippen molar-refractivity contribution in [2.75, 3.05) is 26.2 Å². The first-order valence-electron chi connectivity index (χ1n) is 6.91. The Labute approximate surface area is 116 Å². The Hall–Kier alpha value is -0.570. The number of likely N-dealkylation sites (tertiary alicyclic amines) is 1. The predicted octanol–water partition coefficient (Wildman–Crippen LogP) is 2.33. The van der Waals surface area contributed by atoms with Crippen LogP contribution in [-0.4, -0.2) is 37.1 Å². The maximum Gasteiger partial charge on any atom is 0.0224 e. The lowest BCUT2D eigenvalue weighted by Gasteiger charge is -2.34. The average Bonchev–Trinajstić information content (AvgIpc) is 2.85. The van der Waals surface area contributed by atoms with E-state index in [1.807, 2.05) is 0 Å². The highest BCUT2D eigenvalue weighted by Gasteiger charge is 2.31. The van der Waals surface area contributed by atoms with Crippen LogP contribution >= 0.6 is 12.4 Å². The summed E-state index contributed by atoms with van der Waals surface area (Å²) >= 11 is 0. The van der Waals surface area contributed by atoms with Crippen LogP contribution in [0.5, 0.6) is 0 Å². The van der Waals surface area contributed by atoms with Crippen LogP contribution in [-0.2, 0) is 6.42 Å². The van der Waals surface area contributed by atoms with Gasteiger partial charge in [-0.15, -0.1) is 12.4 Å². The summed E-state index contributed by atoms with van der Waals surface area (Å²) in [6.45, 7) is 5.02. The average molecular weight is 267 g/mol. The second-order valence-corrected chi connectivity index (χ2v) is 5.43. The Bertz CT molecular complexity index is 355. The number of hydrogen-bond donors (Lipinski definition) is 1. The van der Waals surface area contributed by atoms with Crippen molar-refractivity contribution in [3.05, 3.63) is 35.9 Å². The van der Waals surface area contributed by atoms with Gasteiger partial charge < -0.3 is 10.2 Å². The van der Waals surface area contributed by atoms with Crippen molar-refractivity contribution in [2.45, 2.75) is 25.3 Å². The first kappa shape index (κ1) is 13.9. The maximum absolute atomic E-state index is 3.65. The minimum Gasteiger partial charge on any atom is -0.312 e. The van der Waals surface area contributed by atoms with Crippen LogP contribution < -0.4 is 5.32 Å². The molecule has 2 nitrogen and oxygen atoms in total. The van der Waals surface area contributed by atoms with Crippen LogP contribution in [0.2, 0.25) is 0 Å². The van der Waals surface area contributed by atoms with E-state index in [1.165, 1.54) is 51.0 Å². The van der Waals surface area contributed by atoms with Crippen LogP contribution in [0.25, 0.3) is 0 Å². The fourth-order valence-corrected chi connectivity index (χ4v) is 3.23. The van der Waals surface area contributed by atoms with Gasteiger partial charge >= 0.3 is 0 Å². The van der Waals surface area contributed by atoms with Crippen molar-refractivity contribution >= 4 is 12.4 Å². The van der Waals surface area contributed by atoms with Gasteiger partial charge in [-0.1, -0.05) is 30.3 Å². The predicted molar refractivity (Wildman–Crippen MR) is 78.3 cm³/mol. The Morgan fingerprint density at radius 3 is 2.83 bits per heavy atom. The quantitative estimate of drug-likeness (QED) is 0.904. The summed E-state index contributed by atoms with van der Waals surface area (Å²) in [4.78, 5) is 2.63. The molecule has 1 aromatic carbocycles. The fraction of sp³-hybridized carbons (Fsp3) is 0.600. The second-order valence-electron chi connectivity index (χ2n) is 5.43. The molecule has 2 saturated heterocycles. The number of nitrogens with zero attached hydrogens (tertiary/aromatic N) is 1. The topological polar surface area (TPSA) is 15.3 Å². The molecule has 2 atom stereocenters. The van der Waals surface area contributed by atoms with Crippen molar-refractivity contribution < 1.29 is 0 Å². The van der Waals surface area contributed by atoms with E-state index in [0.29, 0.717) is 0 Å². The maximum atomic E-state index is 3.65. The zero-order valence-electron chi connectivity index (χ0n) is 10.8. The Kier molecular flexibility index (Phi) is 5.04. The van der Waals surface area contributed by atoms with Gasteiger partial charge in [0.2, 0.25) is 0 Å². The van der Waals surface area contributed by atoms with E-state index in [-0.39, 0.29) is 12.4 Å². The SMILES string of the molecule is Cl.c1ccc(CCN2CC[C@@H]3CCN[C@@H]3C2)cc1. The van der Waals surface area contributed by atoms with Gasteiger partial charge in [-0.25, -0.2) is 0 Å². The molecule has 2 aliphatic heterocycles. The third-order valence-corrected chi connectivity index (χ3v) is 4.32. The highest BCUT2D eigenvalue weighted by atomic mass is 35.5. The lowest BCUT2D eigenvalue weighted by atomic mass is 9.92. The summed E-state index contributed by atoms with van der Waals surface area (Å²) in [5.74, 6) is 0.961. The fourth-order valence-electron chi connectivity index (χ4n) is 3.23. The van der Waals surface area contributed by atoms with Gasteiger partial charge in [-0.3, -0.25) is 0 Å². The van der Waals surface area contributed by atoms with Gasteiger partial charge in [-0.05, 0) is 43.8 Å². The van der Waals surface area contributed by atoms with E-state index in [9.17, 15) is 0 Å². The van der Waals surface area contributed by atoms with Crippen molar-refractivity contribution in [3.63, 3.8) is 0 Å². The van der Waals surface area contributed by atoms with E-state index in [2.05, 4.69) is 40.5 Å². The van der Waals surface area contributed by atoms with Gasteiger partial charge in [0, 0.05) is 19.1 Å². The number of hydrogen-bond acceptors (Lipinski definition) is 2. The largest absolute Gasteiger partial charge is 0.312 e. The standard InChI is InChI=1S/C15H22N2.ClH/c1-2-4-13(5-3-1)7-10-17-11-8-14-6-9-16-15(14)12-17;/h1-5,14-16H,6-12H2;1H/t14-,15+;/m0./s1. The van der Waals surface area contributed by atoms with Gasteiger partial charge in [0.05, 0.1) is 0 Å². The Morgan fingerprint density at radius 1 is 1.17 bits per heavy atom. The first-order valence-corrected chi connectivity index (χ1v) is 6.91. The molecule has 18 heavy (non-hydrogen) atoms. The molecule has 0 spiro atoms. The van der Waals surface area contributed by atoms with E-state index < -0.39 is 0 Å². The molecule has 3 heteroatoms. The Balaban J connectivity index is 0.00000120. The zero-order chi connectivity index (χ0) is 11.5. The van der Waals surface area contributed by atoms with Crippen molar-refractivity contribution in [2.24, 2.45) is 5.92 Å². The molecule has 100 valence electrons. The van der Waals surface area contributed by atoms with Gasteiger partial charge in [-0.2, -0.15) is 0 Å². The van der Waals surface area contributed by atoms with Crippen molar-refractivity contribution in [3.8, 4) is 0 Å². The third kappa shape index (κ3) is 3.25. The van der Waals surface area contributed by atoms with Crippen molar-refractivity contribution in [1.29, 1.82) is 0 Å². The zero-order valence-corrected chi connectivity index (χ0v) is 11.7. The molecule has 0 aromatic heterocycles. The van der Waals surface area contributed by atoms with Gasteiger partial charge in [0.25, 0.3) is 0 Å². The van der Waals surface area contributed by atoms with E-state index in [1.54, 1.807) is 0 Å². The molecule has 0 bridgehead atoms. The van der Waals surface area contributed by atoms with Crippen LogP contribution in [0.3, 0.4) is 0 Å². The molecule has 0 radical (unpaired) electrons. The molecular weight excluding hydrogens is 244 g/mol. The molecule has 0 saturated carbocycles. The first-order chi connectivity index (χ1) is 8.42. The molecule has 0 amide bonds. The van der Waals surface area contributed by atoms with Gasteiger partial charge in [0.1, 0.15) is 0 Å². The number of benzene rings is 1.